The Labute approximate surface area is 188 Å². The van der Waals surface area contributed by atoms with Gasteiger partial charge in [0.05, 0.1) is 12.7 Å². The minimum absolute atomic E-state index is 0.0288. The number of hydrogen-bond acceptors (Lipinski definition) is 8. The predicted octanol–water partition coefficient (Wildman–Crippen LogP) is 5.18. The average Bonchev–Trinajstić information content (AvgIpc) is 3.49. The van der Waals surface area contributed by atoms with Gasteiger partial charge >= 0.3 is 6.18 Å². The van der Waals surface area contributed by atoms with Gasteiger partial charge in [0.2, 0.25) is 11.6 Å². The molecule has 0 saturated carbocycles. The number of azide groups is 1. The van der Waals surface area contributed by atoms with Crippen molar-refractivity contribution in [2.24, 2.45) is 5.11 Å². The summed E-state index contributed by atoms with van der Waals surface area (Å²) in [7, 11) is 0. The van der Waals surface area contributed by atoms with Crippen molar-refractivity contribution in [2.75, 3.05) is 6.61 Å². The third-order valence-electron chi connectivity index (χ3n) is 5.21. The second-order valence-electron chi connectivity index (χ2n) is 7.30. The van der Waals surface area contributed by atoms with Crippen LogP contribution in [0.5, 0.6) is 5.75 Å². The molecule has 2 aromatic heterocycles. The average molecular weight is 470 g/mol. The number of fused-ring (bicyclic) bond motifs is 1. The summed E-state index contributed by atoms with van der Waals surface area (Å²) in [6.07, 6.45) is -5.87. The van der Waals surface area contributed by atoms with E-state index in [4.69, 9.17) is 19.3 Å². The molecule has 1 aliphatic heterocycles. The molecule has 4 aromatic rings. The monoisotopic (exact) mass is 470 g/mol. The number of aromatic nitrogens is 3. The van der Waals surface area contributed by atoms with E-state index in [-0.39, 0.29) is 18.0 Å². The zero-order valence-corrected chi connectivity index (χ0v) is 17.0. The van der Waals surface area contributed by atoms with Crippen LogP contribution in [0.1, 0.15) is 17.2 Å². The SMILES string of the molecule is [N-]=[N+]=N[C@@H]1COc2cc(-c3noc(-c4onc(-c5ccccc5)c4C(F)(F)F)n3)ccc2[C@@H]1O. The van der Waals surface area contributed by atoms with Gasteiger partial charge in [-0.3, -0.25) is 0 Å². The highest BCUT2D eigenvalue weighted by atomic mass is 19.4. The molecule has 5 rings (SSSR count). The van der Waals surface area contributed by atoms with Crippen LogP contribution in [-0.2, 0) is 6.18 Å². The molecule has 13 heteroatoms. The van der Waals surface area contributed by atoms with Crippen LogP contribution < -0.4 is 4.74 Å². The molecule has 0 aliphatic carbocycles. The molecule has 0 unspecified atom stereocenters. The number of aliphatic hydroxyl groups excluding tert-OH is 1. The normalized spacial score (nSPS) is 17.5. The summed E-state index contributed by atoms with van der Waals surface area (Å²) in [4.78, 5) is 6.73. The first-order valence-corrected chi connectivity index (χ1v) is 9.82. The predicted molar refractivity (Wildman–Crippen MR) is 109 cm³/mol. The van der Waals surface area contributed by atoms with Gasteiger partial charge in [-0.15, -0.1) is 0 Å². The Morgan fingerprint density at radius 1 is 1.06 bits per heavy atom. The Bertz CT molecular complexity index is 1400. The smallest absolute Gasteiger partial charge is 0.422 e. The van der Waals surface area contributed by atoms with Crippen LogP contribution in [0, 0.1) is 0 Å². The number of rotatable bonds is 4. The van der Waals surface area contributed by atoms with E-state index in [1.54, 1.807) is 18.2 Å². The van der Waals surface area contributed by atoms with Crippen molar-refractivity contribution < 1.29 is 32.1 Å². The Morgan fingerprint density at radius 2 is 1.85 bits per heavy atom. The van der Waals surface area contributed by atoms with Crippen LogP contribution in [0.4, 0.5) is 13.2 Å². The quantitative estimate of drug-likeness (QED) is 0.246. The minimum atomic E-state index is -4.80. The zero-order valence-electron chi connectivity index (χ0n) is 17.0. The lowest BCUT2D eigenvalue weighted by Gasteiger charge is -2.27. The molecule has 0 amide bonds. The molecule has 34 heavy (non-hydrogen) atoms. The number of hydrogen-bond donors (Lipinski definition) is 1. The summed E-state index contributed by atoms with van der Waals surface area (Å²) in [6.45, 7) is -0.0472. The number of benzene rings is 2. The largest absolute Gasteiger partial charge is 0.493 e. The van der Waals surface area contributed by atoms with Crippen molar-refractivity contribution in [3.63, 3.8) is 0 Å². The van der Waals surface area contributed by atoms with E-state index in [9.17, 15) is 18.3 Å². The molecule has 2 atom stereocenters. The fraction of sp³-hybridized carbons (Fsp3) is 0.190. The summed E-state index contributed by atoms with van der Waals surface area (Å²) in [5, 5.41) is 21.2. The van der Waals surface area contributed by atoms with Gasteiger partial charge in [0.1, 0.15) is 23.0 Å². The van der Waals surface area contributed by atoms with Crippen molar-refractivity contribution in [2.45, 2.75) is 18.3 Å². The molecule has 0 spiro atoms. The molecule has 0 fully saturated rings. The van der Waals surface area contributed by atoms with Crippen LogP contribution in [0.25, 0.3) is 44.7 Å². The van der Waals surface area contributed by atoms with E-state index in [2.05, 4.69) is 25.3 Å². The van der Waals surface area contributed by atoms with E-state index < -0.39 is 41.2 Å². The van der Waals surface area contributed by atoms with Crippen molar-refractivity contribution in [1.82, 2.24) is 15.3 Å². The third-order valence-corrected chi connectivity index (χ3v) is 5.21. The van der Waals surface area contributed by atoms with Crippen LogP contribution in [0.2, 0.25) is 0 Å². The number of ether oxygens (including phenoxy) is 1. The standard InChI is InChI=1S/C21H13F3N6O4/c22-21(23,24)15-16(10-4-2-1-3-5-10)28-33-18(15)20-26-19(29-34-20)11-6-7-12-14(8-11)32-9-13(17(12)31)27-30-25/h1-8,13,17,31H,9H2/t13-,17+/m1/s1. The minimum Gasteiger partial charge on any atom is -0.493 e. The Balaban J connectivity index is 1.51. The number of halogens is 3. The van der Waals surface area contributed by atoms with E-state index in [1.807, 2.05) is 0 Å². The van der Waals surface area contributed by atoms with E-state index in [0.717, 1.165) is 0 Å². The molecule has 0 saturated heterocycles. The third kappa shape index (κ3) is 3.72. The van der Waals surface area contributed by atoms with Gasteiger partial charge in [-0.05, 0) is 11.6 Å². The van der Waals surface area contributed by atoms with Gasteiger partial charge in [-0.25, -0.2) is 0 Å². The highest BCUT2D eigenvalue weighted by Gasteiger charge is 2.43. The number of alkyl halides is 3. The fourth-order valence-electron chi connectivity index (χ4n) is 3.60. The molecule has 10 nitrogen and oxygen atoms in total. The van der Waals surface area contributed by atoms with Gasteiger partial charge in [-0.2, -0.15) is 18.2 Å². The van der Waals surface area contributed by atoms with Gasteiger partial charge < -0.3 is 18.9 Å². The van der Waals surface area contributed by atoms with Gasteiger partial charge in [-0.1, -0.05) is 57.9 Å². The molecular weight excluding hydrogens is 457 g/mol. The van der Waals surface area contributed by atoms with Crippen LogP contribution in [0.15, 0.2) is 62.7 Å². The number of aliphatic hydroxyl groups is 1. The summed E-state index contributed by atoms with van der Waals surface area (Å²) >= 11 is 0. The number of nitrogens with zero attached hydrogens (tertiary/aromatic N) is 6. The molecule has 172 valence electrons. The maximum absolute atomic E-state index is 13.9. The van der Waals surface area contributed by atoms with Gasteiger partial charge in [0.15, 0.2) is 0 Å². The maximum Gasteiger partial charge on any atom is 0.422 e. The van der Waals surface area contributed by atoms with Crippen molar-refractivity contribution >= 4 is 0 Å². The first-order chi connectivity index (χ1) is 16.4. The van der Waals surface area contributed by atoms with Gasteiger partial charge in [0.25, 0.3) is 5.89 Å². The molecule has 2 aromatic carbocycles. The summed E-state index contributed by atoms with van der Waals surface area (Å²) in [6, 6.07) is 11.5. The topological polar surface area (TPSA) is 143 Å². The van der Waals surface area contributed by atoms with Crippen molar-refractivity contribution in [3.05, 3.63) is 70.1 Å². The Kier molecular flexibility index (Phi) is 5.19. The molecule has 1 aliphatic rings. The first-order valence-electron chi connectivity index (χ1n) is 9.82. The van der Waals surface area contributed by atoms with Crippen molar-refractivity contribution in [1.29, 1.82) is 0 Å². The van der Waals surface area contributed by atoms with Crippen LogP contribution in [-0.4, -0.2) is 33.1 Å². The Hall–Kier alpha value is -4.35. The van der Waals surface area contributed by atoms with Gasteiger partial charge in [0, 0.05) is 21.6 Å². The van der Waals surface area contributed by atoms with E-state index >= 15 is 0 Å². The molecule has 1 N–H and O–H groups in total. The fourth-order valence-corrected chi connectivity index (χ4v) is 3.60. The summed E-state index contributed by atoms with van der Waals surface area (Å²) < 4.78 is 57.3. The van der Waals surface area contributed by atoms with E-state index in [1.165, 1.54) is 30.3 Å². The molecule has 3 heterocycles. The van der Waals surface area contributed by atoms with E-state index in [0.29, 0.717) is 16.9 Å². The van der Waals surface area contributed by atoms with Crippen molar-refractivity contribution in [3.8, 4) is 40.0 Å². The summed E-state index contributed by atoms with van der Waals surface area (Å²) in [5.74, 6) is -0.937. The highest BCUT2D eigenvalue weighted by molar-refractivity contribution is 5.71. The second-order valence-corrected chi connectivity index (χ2v) is 7.30. The highest BCUT2D eigenvalue weighted by Crippen LogP contribution is 2.43. The Morgan fingerprint density at radius 3 is 2.59 bits per heavy atom. The maximum atomic E-state index is 13.9. The van der Waals surface area contributed by atoms with Crippen LogP contribution >= 0.6 is 0 Å². The lowest BCUT2D eigenvalue weighted by atomic mass is 9.98. The lowest BCUT2D eigenvalue weighted by Crippen LogP contribution is -2.28. The molecule has 0 bridgehead atoms. The molecular formula is C21H13F3N6O4. The lowest BCUT2D eigenvalue weighted by molar-refractivity contribution is -0.136. The zero-order chi connectivity index (χ0) is 23.9. The first kappa shape index (κ1) is 21.5. The second kappa shape index (κ2) is 8.21. The molecule has 0 radical (unpaired) electrons. The van der Waals surface area contributed by atoms with Crippen LogP contribution in [0.3, 0.4) is 0 Å². The summed E-state index contributed by atoms with van der Waals surface area (Å²) in [5.41, 5.74) is 8.03.